The zero-order valence-electron chi connectivity index (χ0n) is 13.7. The highest BCUT2D eigenvalue weighted by molar-refractivity contribution is 6.30. The second-order valence-corrected chi connectivity index (χ2v) is 6.53. The monoisotopic (exact) mass is 343 g/mol. The van der Waals surface area contributed by atoms with Crippen molar-refractivity contribution in [2.24, 2.45) is 0 Å². The standard InChI is InChI=1S/C20H19ClFNO/c1-12(17-4-3-9-23-20(17)24)18-10-16(22)11-19(13(18)2)14-5-7-15(21)8-6-14/h5-8,10-11H,3-4,9H2,1-2H3,(H,23,24)/b17-12+. The normalized spacial score (nSPS) is 16.8. The molecule has 0 radical (unpaired) electrons. The van der Waals surface area contributed by atoms with Crippen molar-refractivity contribution < 1.29 is 9.18 Å². The van der Waals surface area contributed by atoms with E-state index in [1.54, 1.807) is 12.1 Å². The molecule has 4 heteroatoms. The molecule has 1 saturated heterocycles. The molecule has 1 heterocycles. The molecule has 0 atom stereocenters. The topological polar surface area (TPSA) is 29.1 Å². The lowest BCUT2D eigenvalue weighted by atomic mass is 9.89. The van der Waals surface area contributed by atoms with Crippen molar-refractivity contribution >= 4 is 23.1 Å². The van der Waals surface area contributed by atoms with E-state index in [1.165, 1.54) is 12.1 Å². The van der Waals surface area contributed by atoms with E-state index in [4.69, 9.17) is 11.6 Å². The van der Waals surface area contributed by atoms with Gasteiger partial charge in [0.2, 0.25) is 5.91 Å². The highest BCUT2D eigenvalue weighted by atomic mass is 35.5. The lowest BCUT2D eigenvalue weighted by molar-refractivity contribution is -0.118. The van der Waals surface area contributed by atoms with Gasteiger partial charge in [0.1, 0.15) is 5.82 Å². The maximum absolute atomic E-state index is 14.2. The van der Waals surface area contributed by atoms with Crippen LogP contribution in [-0.4, -0.2) is 12.5 Å². The smallest absolute Gasteiger partial charge is 0.247 e. The molecule has 124 valence electrons. The van der Waals surface area contributed by atoms with E-state index in [2.05, 4.69) is 5.32 Å². The number of amides is 1. The third-order valence-electron chi connectivity index (χ3n) is 4.55. The van der Waals surface area contributed by atoms with Gasteiger partial charge in [-0.2, -0.15) is 0 Å². The Balaban J connectivity index is 2.14. The van der Waals surface area contributed by atoms with Gasteiger partial charge in [-0.25, -0.2) is 4.39 Å². The molecule has 1 aliphatic heterocycles. The second-order valence-electron chi connectivity index (χ2n) is 6.10. The summed E-state index contributed by atoms with van der Waals surface area (Å²) in [6.07, 6.45) is 1.64. The molecule has 0 spiro atoms. The minimum absolute atomic E-state index is 0.0459. The van der Waals surface area contributed by atoms with Crippen LogP contribution in [-0.2, 0) is 4.79 Å². The number of rotatable bonds is 2. The molecule has 0 saturated carbocycles. The van der Waals surface area contributed by atoms with Crippen LogP contribution in [0.5, 0.6) is 0 Å². The van der Waals surface area contributed by atoms with Crippen molar-refractivity contribution in [1.82, 2.24) is 5.32 Å². The van der Waals surface area contributed by atoms with E-state index < -0.39 is 0 Å². The highest BCUT2D eigenvalue weighted by Gasteiger charge is 2.20. The Morgan fingerprint density at radius 2 is 1.92 bits per heavy atom. The lowest BCUT2D eigenvalue weighted by Crippen LogP contribution is -2.31. The highest BCUT2D eigenvalue weighted by Crippen LogP contribution is 2.33. The molecule has 0 aromatic heterocycles. The van der Waals surface area contributed by atoms with Gasteiger partial charge in [-0.05, 0) is 78.8 Å². The van der Waals surface area contributed by atoms with E-state index in [1.807, 2.05) is 26.0 Å². The van der Waals surface area contributed by atoms with Crippen LogP contribution in [0.3, 0.4) is 0 Å². The Labute approximate surface area is 146 Å². The first kappa shape index (κ1) is 16.7. The van der Waals surface area contributed by atoms with Crippen LogP contribution < -0.4 is 5.32 Å². The molecule has 1 fully saturated rings. The molecule has 0 unspecified atom stereocenters. The average Bonchev–Trinajstić information content (AvgIpc) is 2.57. The average molecular weight is 344 g/mol. The molecule has 0 aliphatic carbocycles. The minimum atomic E-state index is -0.309. The molecular weight excluding hydrogens is 325 g/mol. The predicted molar refractivity (Wildman–Crippen MR) is 96.4 cm³/mol. The first-order chi connectivity index (χ1) is 11.5. The van der Waals surface area contributed by atoms with Crippen LogP contribution >= 0.6 is 11.6 Å². The van der Waals surface area contributed by atoms with Crippen molar-refractivity contribution in [2.45, 2.75) is 26.7 Å². The van der Waals surface area contributed by atoms with Crippen LogP contribution in [0.2, 0.25) is 5.02 Å². The zero-order chi connectivity index (χ0) is 17.3. The summed E-state index contributed by atoms with van der Waals surface area (Å²) in [6, 6.07) is 10.4. The summed E-state index contributed by atoms with van der Waals surface area (Å²) in [4.78, 5) is 12.1. The summed E-state index contributed by atoms with van der Waals surface area (Å²) in [5.74, 6) is -0.354. The second kappa shape index (κ2) is 6.78. The molecule has 1 amide bonds. The fourth-order valence-corrected chi connectivity index (χ4v) is 3.33. The summed E-state index contributed by atoms with van der Waals surface area (Å²) in [7, 11) is 0. The van der Waals surface area contributed by atoms with Gasteiger partial charge in [0.15, 0.2) is 0 Å². The molecule has 2 nitrogen and oxygen atoms in total. The van der Waals surface area contributed by atoms with Gasteiger partial charge in [0.25, 0.3) is 0 Å². The molecule has 1 aliphatic rings. The van der Waals surface area contributed by atoms with Gasteiger partial charge in [-0.3, -0.25) is 4.79 Å². The van der Waals surface area contributed by atoms with Crippen LogP contribution in [0.25, 0.3) is 16.7 Å². The number of carbonyl (C=O) groups is 1. The molecule has 0 bridgehead atoms. The largest absolute Gasteiger partial charge is 0.352 e. The Morgan fingerprint density at radius 1 is 1.21 bits per heavy atom. The maximum atomic E-state index is 14.2. The first-order valence-electron chi connectivity index (χ1n) is 8.02. The molecular formula is C20H19ClFNO. The summed E-state index contributed by atoms with van der Waals surface area (Å²) in [6.45, 7) is 4.56. The van der Waals surface area contributed by atoms with Crippen molar-refractivity contribution in [3.05, 3.63) is 63.9 Å². The van der Waals surface area contributed by atoms with E-state index in [-0.39, 0.29) is 11.7 Å². The van der Waals surface area contributed by atoms with Crippen LogP contribution in [0.4, 0.5) is 4.39 Å². The first-order valence-corrected chi connectivity index (χ1v) is 8.39. The van der Waals surface area contributed by atoms with Crippen molar-refractivity contribution in [2.75, 3.05) is 6.54 Å². The van der Waals surface area contributed by atoms with Crippen LogP contribution in [0.1, 0.15) is 30.9 Å². The number of benzene rings is 2. The molecule has 2 aromatic rings. The quantitative estimate of drug-likeness (QED) is 0.752. The van der Waals surface area contributed by atoms with Crippen LogP contribution in [0.15, 0.2) is 42.0 Å². The molecule has 2 aromatic carbocycles. The van der Waals surface area contributed by atoms with Crippen LogP contribution in [0, 0.1) is 12.7 Å². The third-order valence-corrected chi connectivity index (χ3v) is 4.80. The fourth-order valence-electron chi connectivity index (χ4n) is 3.21. The Bertz CT molecular complexity index is 824. The maximum Gasteiger partial charge on any atom is 0.247 e. The fraction of sp³-hybridized carbons (Fsp3) is 0.250. The number of nitrogens with one attached hydrogen (secondary N) is 1. The Kier molecular flexibility index (Phi) is 4.72. The summed E-state index contributed by atoms with van der Waals surface area (Å²) < 4.78 is 14.2. The number of carbonyl (C=O) groups excluding carboxylic acids is 1. The Hall–Kier alpha value is -2.13. The third kappa shape index (κ3) is 3.22. The number of allylic oxidation sites excluding steroid dienone is 1. The molecule has 3 rings (SSSR count). The van der Waals surface area contributed by atoms with E-state index in [0.29, 0.717) is 11.6 Å². The van der Waals surface area contributed by atoms with Crippen molar-refractivity contribution in [3.63, 3.8) is 0 Å². The number of halogens is 2. The summed E-state index contributed by atoms with van der Waals surface area (Å²) in [5, 5.41) is 3.51. The number of hydrogen-bond acceptors (Lipinski definition) is 1. The minimum Gasteiger partial charge on any atom is -0.352 e. The van der Waals surface area contributed by atoms with E-state index in [9.17, 15) is 9.18 Å². The van der Waals surface area contributed by atoms with E-state index >= 15 is 0 Å². The van der Waals surface area contributed by atoms with Gasteiger partial charge < -0.3 is 5.32 Å². The SMILES string of the molecule is C/C(=C1/CCCNC1=O)c1cc(F)cc(-c2ccc(Cl)cc2)c1C. The van der Waals surface area contributed by atoms with Gasteiger partial charge in [-0.1, -0.05) is 23.7 Å². The van der Waals surface area contributed by atoms with Crippen molar-refractivity contribution in [1.29, 1.82) is 0 Å². The number of piperidine rings is 1. The van der Waals surface area contributed by atoms with Gasteiger partial charge in [-0.15, -0.1) is 0 Å². The lowest BCUT2D eigenvalue weighted by Gasteiger charge is -2.20. The summed E-state index contributed by atoms with van der Waals surface area (Å²) >= 11 is 5.94. The predicted octanol–water partition coefficient (Wildman–Crippen LogP) is 5.14. The zero-order valence-corrected chi connectivity index (χ0v) is 14.5. The van der Waals surface area contributed by atoms with Gasteiger partial charge >= 0.3 is 0 Å². The Morgan fingerprint density at radius 3 is 2.58 bits per heavy atom. The van der Waals surface area contributed by atoms with E-state index in [0.717, 1.165) is 46.2 Å². The summed E-state index contributed by atoms with van der Waals surface area (Å²) in [5.41, 5.74) is 5.06. The number of hydrogen-bond donors (Lipinski definition) is 1. The molecule has 1 N–H and O–H groups in total. The molecule has 24 heavy (non-hydrogen) atoms. The van der Waals surface area contributed by atoms with Gasteiger partial charge in [0, 0.05) is 17.1 Å². The van der Waals surface area contributed by atoms with Crippen molar-refractivity contribution in [3.8, 4) is 11.1 Å². The van der Waals surface area contributed by atoms with Gasteiger partial charge in [0.05, 0.1) is 0 Å².